The summed E-state index contributed by atoms with van der Waals surface area (Å²) >= 11 is 0. The molecule has 0 radical (unpaired) electrons. The molecule has 0 amide bonds. The number of nitrogens with zero attached hydrogens (tertiary/aromatic N) is 2. The highest BCUT2D eigenvalue weighted by Gasteiger charge is 2.10. The Hall–Kier alpha value is -0.590. The van der Waals surface area contributed by atoms with Crippen LogP contribution in [0.4, 0.5) is 0 Å². The lowest BCUT2D eigenvalue weighted by Gasteiger charge is -2.22. The number of hydrogen-bond acceptors (Lipinski definition) is 3. The fourth-order valence-electron chi connectivity index (χ4n) is 0.930. The first kappa shape index (κ1) is 12.4. The zero-order chi connectivity index (χ0) is 10.3. The zero-order valence-corrected chi connectivity index (χ0v) is 9.13. The minimum absolute atomic E-state index is 0.0773. The van der Waals surface area contributed by atoms with E-state index in [2.05, 4.69) is 17.9 Å². The molecule has 0 heterocycles. The Kier molecular flexibility index (Phi) is 5.68. The average Bonchev–Trinajstić information content (AvgIpc) is 2.01. The van der Waals surface area contributed by atoms with E-state index in [9.17, 15) is 0 Å². The molecule has 0 aromatic rings. The lowest BCUT2D eigenvalue weighted by Crippen LogP contribution is -2.31. The molecule has 76 valence electrons. The molecule has 0 rings (SSSR count). The maximum Gasteiger partial charge on any atom is 0.0866 e. The molecule has 0 bridgehead atoms. The quantitative estimate of drug-likeness (QED) is 0.609. The molecule has 0 atom stereocenters. The van der Waals surface area contributed by atoms with Gasteiger partial charge in [0.15, 0.2) is 0 Å². The SMILES string of the molecule is CCN(CC#N)CCOC(C)(C)C. The molecule has 0 spiro atoms. The molecule has 0 aliphatic carbocycles. The van der Waals surface area contributed by atoms with Gasteiger partial charge in [-0.05, 0) is 27.3 Å². The molecule has 13 heavy (non-hydrogen) atoms. The Balaban J connectivity index is 3.56. The van der Waals surface area contributed by atoms with Crippen LogP contribution in [0.5, 0.6) is 0 Å². The van der Waals surface area contributed by atoms with Gasteiger partial charge in [-0.1, -0.05) is 6.92 Å². The lowest BCUT2D eigenvalue weighted by atomic mass is 10.2. The Bertz CT molecular complexity index is 167. The van der Waals surface area contributed by atoms with Crippen LogP contribution in [-0.2, 0) is 4.74 Å². The predicted octanol–water partition coefficient (Wildman–Crippen LogP) is 1.65. The highest BCUT2D eigenvalue weighted by molar-refractivity contribution is 4.75. The molecule has 0 aliphatic heterocycles. The number of nitriles is 1. The van der Waals surface area contributed by atoms with Crippen LogP contribution in [0.2, 0.25) is 0 Å². The third kappa shape index (κ3) is 7.76. The van der Waals surface area contributed by atoms with Crippen molar-refractivity contribution in [2.24, 2.45) is 0 Å². The number of ether oxygens (including phenoxy) is 1. The van der Waals surface area contributed by atoms with Crippen molar-refractivity contribution in [2.45, 2.75) is 33.3 Å². The first-order valence-electron chi connectivity index (χ1n) is 4.73. The standard InChI is InChI=1S/C10H20N2O/c1-5-12(7-6-11)8-9-13-10(2,3)4/h5,7-9H2,1-4H3. The molecule has 0 unspecified atom stereocenters. The van der Waals surface area contributed by atoms with Gasteiger partial charge in [0.2, 0.25) is 0 Å². The molecule has 0 N–H and O–H groups in total. The topological polar surface area (TPSA) is 36.3 Å². The van der Waals surface area contributed by atoms with Crippen LogP contribution in [0, 0.1) is 11.3 Å². The second-order valence-corrected chi connectivity index (χ2v) is 3.99. The van der Waals surface area contributed by atoms with Gasteiger partial charge in [0.05, 0.1) is 24.8 Å². The molecule has 3 nitrogen and oxygen atoms in total. The van der Waals surface area contributed by atoms with Gasteiger partial charge >= 0.3 is 0 Å². The van der Waals surface area contributed by atoms with Crippen molar-refractivity contribution in [3.05, 3.63) is 0 Å². The van der Waals surface area contributed by atoms with E-state index in [1.165, 1.54) is 0 Å². The zero-order valence-electron chi connectivity index (χ0n) is 9.13. The lowest BCUT2D eigenvalue weighted by molar-refractivity contribution is -0.0114. The van der Waals surface area contributed by atoms with E-state index in [0.717, 1.165) is 13.1 Å². The number of hydrogen-bond donors (Lipinski definition) is 0. The van der Waals surface area contributed by atoms with Crippen LogP contribution in [-0.4, -0.2) is 36.7 Å². The minimum atomic E-state index is -0.0773. The summed E-state index contributed by atoms with van der Waals surface area (Å²) in [4.78, 5) is 2.06. The van der Waals surface area contributed by atoms with E-state index in [1.807, 2.05) is 20.8 Å². The van der Waals surface area contributed by atoms with Gasteiger partial charge in [-0.15, -0.1) is 0 Å². The summed E-state index contributed by atoms with van der Waals surface area (Å²) < 4.78 is 5.56. The van der Waals surface area contributed by atoms with Crippen LogP contribution >= 0.6 is 0 Å². The summed E-state index contributed by atoms with van der Waals surface area (Å²) in [6.45, 7) is 11.1. The van der Waals surface area contributed by atoms with Crippen molar-refractivity contribution in [2.75, 3.05) is 26.2 Å². The summed E-state index contributed by atoms with van der Waals surface area (Å²) in [5, 5.41) is 8.49. The summed E-state index contributed by atoms with van der Waals surface area (Å²) in [5.74, 6) is 0. The average molecular weight is 184 g/mol. The van der Waals surface area contributed by atoms with E-state index in [4.69, 9.17) is 10.00 Å². The molecular formula is C10H20N2O. The largest absolute Gasteiger partial charge is 0.375 e. The Labute approximate surface area is 81.3 Å². The molecule has 0 saturated carbocycles. The monoisotopic (exact) mass is 184 g/mol. The third-order valence-electron chi connectivity index (χ3n) is 1.68. The molecule has 0 aromatic heterocycles. The van der Waals surface area contributed by atoms with Crippen molar-refractivity contribution >= 4 is 0 Å². The third-order valence-corrected chi connectivity index (χ3v) is 1.68. The fraction of sp³-hybridized carbons (Fsp3) is 0.900. The molecule has 0 saturated heterocycles. The fourth-order valence-corrected chi connectivity index (χ4v) is 0.930. The van der Waals surface area contributed by atoms with E-state index in [0.29, 0.717) is 13.2 Å². The highest BCUT2D eigenvalue weighted by Crippen LogP contribution is 2.05. The maximum absolute atomic E-state index is 8.49. The van der Waals surface area contributed by atoms with Gasteiger partial charge in [-0.2, -0.15) is 5.26 Å². The second kappa shape index (κ2) is 5.95. The molecule has 0 aromatic carbocycles. The smallest absolute Gasteiger partial charge is 0.0866 e. The van der Waals surface area contributed by atoms with Crippen LogP contribution in [0.3, 0.4) is 0 Å². The Morgan fingerprint density at radius 1 is 1.38 bits per heavy atom. The van der Waals surface area contributed by atoms with Gasteiger partial charge in [0, 0.05) is 6.54 Å². The normalized spacial score (nSPS) is 11.7. The molecule has 0 aliphatic rings. The summed E-state index contributed by atoms with van der Waals surface area (Å²) in [5.41, 5.74) is -0.0773. The first-order chi connectivity index (χ1) is 5.99. The Morgan fingerprint density at radius 2 is 2.00 bits per heavy atom. The molecule has 0 fully saturated rings. The maximum atomic E-state index is 8.49. The van der Waals surface area contributed by atoms with E-state index in [1.54, 1.807) is 0 Å². The van der Waals surface area contributed by atoms with Gasteiger partial charge in [0.1, 0.15) is 0 Å². The van der Waals surface area contributed by atoms with Crippen LogP contribution in [0.15, 0.2) is 0 Å². The van der Waals surface area contributed by atoms with Crippen molar-refractivity contribution in [1.82, 2.24) is 4.90 Å². The number of rotatable bonds is 5. The second-order valence-electron chi connectivity index (χ2n) is 3.99. The van der Waals surface area contributed by atoms with Gasteiger partial charge in [-0.3, -0.25) is 4.90 Å². The van der Waals surface area contributed by atoms with E-state index >= 15 is 0 Å². The van der Waals surface area contributed by atoms with Crippen molar-refractivity contribution in [3.63, 3.8) is 0 Å². The number of likely N-dealkylation sites (N-methyl/N-ethyl adjacent to an activating group) is 1. The molecular weight excluding hydrogens is 164 g/mol. The highest BCUT2D eigenvalue weighted by atomic mass is 16.5. The minimum Gasteiger partial charge on any atom is -0.375 e. The summed E-state index contributed by atoms with van der Waals surface area (Å²) in [6.07, 6.45) is 0. The van der Waals surface area contributed by atoms with Crippen LogP contribution in [0.1, 0.15) is 27.7 Å². The predicted molar refractivity (Wildman–Crippen MR) is 53.4 cm³/mol. The van der Waals surface area contributed by atoms with Gasteiger partial charge in [-0.25, -0.2) is 0 Å². The first-order valence-corrected chi connectivity index (χ1v) is 4.73. The van der Waals surface area contributed by atoms with Crippen molar-refractivity contribution in [3.8, 4) is 6.07 Å². The van der Waals surface area contributed by atoms with Gasteiger partial charge < -0.3 is 4.74 Å². The molecule has 3 heteroatoms. The van der Waals surface area contributed by atoms with E-state index in [-0.39, 0.29) is 5.60 Å². The van der Waals surface area contributed by atoms with E-state index < -0.39 is 0 Å². The van der Waals surface area contributed by atoms with Crippen molar-refractivity contribution in [1.29, 1.82) is 5.26 Å². The van der Waals surface area contributed by atoms with Crippen LogP contribution in [0.25, 0.3) is 0 Å². The van der Waals surface area contributed by atoms with Crippen molar-refractivity contribution < 1.29 is 4.74 Å². The van der Waals surface area contributed by atoms with Gasteiger partial charge in [0.25, 0.3) is 0 Å². The Morgan fingerprint density at radius 3 is 2.38 bits per heavy atom. The van der Waals surface area contributed by atoms with Crippen LogP contribution < -0.4 is 0 Å². The summed E-state index contributed by atoms with van der Waals surface area (Å²) in [6, 6.07) is 2.14. The summed E-state index contributed by atoms with van der Waals surface area (Å²) in [7, 11) is 0.